The van der Waals surface area contributed by atoms with Gasteiger partial charge in [-0.1, -0.05) is 0 Å². The summed E-state index contributed by atoms with van der Waals surface area (Å²) < 4.78 is 26.9. The van der Waals surface area contributed by atoms with Gasteiger partial charge in [0, 0.05) is 6.54 Å². The lowest BCUT2D eigenvalue weighted by atomic mass is 9.75. The number of hydrogen-bond acceptors (Lipinski definition) is 2. The van der Waals surface area contributed by atoms with E-state index in [1.807, 2.05) is 0 Å². The predicted octanol–water partition coefficient (Wildman–Crippen LogP) is 0.121. The summed E-state index contributed by atoms with van der Waals surface area (Å²) >= 11 is 0. The summed E-state index contributed by atoms with van der Waals surface area (Å²) in [6.07, 6.45) is 0.748. The summed E-state index contributed by atoms with van der Waals surface area (Å²) in [5.41, 5.74) is -1.12. The molecule has 5 heteroatoms. The lowest BCUT2D eigenvalue weighted by Crippen LogP contribution is -2.49. The molecule has 74 valence electrons. The van der Waals surface area contributed by atoms with Crippen LogP contribution in [0.2, 0.25) is 0 Å². The second kappa shape index (κ2) is 2.64. The van der Waals surface area contributed by atoms with Crippen molar-refractivity contribution in [3.63, 3.8) is 0 Å². The molecule has 0 radical (unpaired) electrons. The highest BCUT2D eigenvalue weighted by molar-refractivity contribution is 5.87. The summed E-state index contributed by atoms with van der Waals surface area (Å²) in [6, 6.07) is 0. The third-order valence-electron chi connectivity index (χ3n) is 3.10. The van der Waals surface area contributed by atoms with E-state index in [4.69, 9.17) is 0 Å². The van der Waals surface area contributed by atoms with Crippen molar-refractivity contribution < 1.29 is 13.6 Å². The zero-order valence-electron chi connectivity index (χ0n) is 7.20. The molecule has 2 aliphatic rings. The van der Waals surface area contributed by atoms with Crippen molar-refractivity contribution in [2.75, 3.05) is 19.6 Å². The Morgan fingerprint density at radius 3 is 2.31 bits per heavy atom. The first-order valence-electron chi connectivity index (χ1n) is 4.45. The van der Waals surface area contributed by atoms with E-state index in [2.05, 4.69) is 10.6 Å². The van der Waals surface area contributed by atoms with E-state index in [0.717, 1.165) is 0 Å². The van der Waals surface area contributed by atoms with Gasteiger partial charge in [-0.3, -0.25) is 4.79 Å². The molecule has 0 aromatic carbocycles. The summed E-state index contributed by atoms with van der Waals surface area (Å²) in [5, 5.41) is 5.27. The number of amides is 1. The van der Waals surface area contributed by atoms with Crippen LogP contribution in [0.1, 0.15) is 12.8 Å². The molecular weight excluding hydrogens is 178 g/mol. The number of carbonyl (C=O) groups excluding carboxylic acids is 1. The number of alkyl halides is 2. The Balaban J connectivity index is 2.26. The molecule has 3 nitrogen and oxygen atoms in total. The zero-order chi connectivity index (χ0) is 9.53. The van der Waals surface area contributed by atoms with Gasteiger partial charge < -0.3 is 10.6 Å². The van der Waals surface area contributed by atoms with Crippen LogP contribution in [0.4, 0.5) is 8.78 Å². The number of halogens is 2. The Bertz CT molecular complexity index is 236. The molecule has 0 saturated carbocycles. The highest BCUT2D eigenvalue weighted by atomic mass is 19.3. The molecule has 0 aliphatic carbocycles. The van der Waals surface area contributed by atoms with E-state index in [1.54, 1.807) is 0 Å². The van der Waals surface area contributed by atoms with Crippen molar-refractivity contribution >= 4 is 5.91 Å². The fourth-order valence-electron chi connectivity index (χ4n) is 2.11. The van der Waals surface area contributed by atoms with Crippen molar-refractivity contribution in [3.05, 3.63) is 0 Å². The van der Waals surface area contributed by atoms with Crippen molar-refractivity contribution in [1.29, 1.82) is 0 Å². The van der Waals surface area contributed by atoms with E-state index in [0.29, 0.717) is 25.9 Å². The maximum atomic E-state index is 13.4. The summed E-state index contributed by atoms with van der Waals surface area (Å²) in [5.74, 6) is -4.27. The molecule has 2 rings (SSSR count). The van der Waals surface area contributed by atoms with Crippen LogP contribution in [0.5, 0.6) is 0 Å². The monoisotopic (exact) mass is 190 g/mol. The van der Waals surface area contributed by atoms with E-state index < -0.39 is 17.2 Å². The predicted molar refractivity (Wildman–Crippen MR) is 42.5 cm³/mol. The van der Waals surface area contributed by atoms with Gasteiger partial charge in [-0.25, -0.2) is 0 Å². The molecule has 0 bridgehead atoms. The highest BCUT2D eigenvalue weighted by Crippen LogP contribution is 2.46. The van der Waals surface area contributed by atoms with Crippen molar-refractivity contribution in [1.82, 2.24) is 10.6 Å². The Morgan fingerprint density at radius 1 is 1.23 bits per heavy atom. The summed E-state index contributed by atoms with van der Waals surface area (Å²) in [7, 11) is 0. The second-order valence-corrected chi connectivity index (χ2v) is 3.79. The van der Waals surface area contributed by atoms with Crippen LogP contribution < -0.4 is 10.6 Å². The lowest BCUT2D eigenvalue weighted by molar-refractivity contribution is -0.156. The van der Waals surface area contributed by atoms with E-state index >= 15 is 0 Å². The maximum absolute atomic E-state index is 13.4. The quantitative estimate of drug-likeness (QED) is 0.569. The van der Waals surface area contributed by atoms with Crippen LogP contribution in [-0.2, 0) is 4.79 Å². The van der Waals surface area contributed by atoms with Crippen LogP contribution in [0.25, 0.3) is 0 Å². The minimum Gasteiger partial charge on any atom is -0.350 e. The van der Waals surface area contributed by atoms with Gasteiger partial charge in [-0.2, -0.15) is 8.78 Å². The topological polar surface area (TPSA) is 41.1 Å². The van der Waals surface area contributed by atoms with E-state index in [9.17, 15) is 13.6 Å². The van der Waals surface area contributed by atoms with Crippen LogP contribution in [0.3, 0.4) is 0 Å². The molecule has 0 aromatic rings. The fraction of sp³-hybridized carbons (Fsp3) is 0.875. The molecule has 2 N–H and O–H groups in total. The Labute approximate surface area is 74.9 Å². The molecular formula is C8H12F2N2O. The van der Waals surface area contributed by atoms with Gasteiger partial charge in [0.05, 0.1) is 5.41 Å². The van der Waals surface area contributed by atoms with Gasteiger partial charge >= 0.3 is 5.92 Å². The zero-order valence-corrected chi connectivity index (χ0v) is 7.20. The normalized spacial score (nSPS) is 30.5. The Morgan fingerprint density at radius 2 is 1.85 bits per heavy atom. The van der Waals surface area contributed by atoms with Gasteiger partial charge in [0.2, 0.25) is 0 Å². The first kappa shape index (κ1) is 8.87. The average molecular weight is 190 g/mol. The van der Waals surface area contributed by atoms with Gasteiger partial charge in [0.1, 0.15) is 0 Å². The smallest absolute Gasteiger partial charge is 0.331 e. The first-order chi connectivity index (χ1) is 6.08. The fourth-order valence-corrected chi connectivity index (χ4v) is 2.11. The van der Waals surface area contributed by atoms with Crippen LogP contribution in [-0.4, -0.2) is 31.5 Å². The van der Waals surface area contributed by atoms with Crippen molar-refractivity contribution in [2.24, 2.45) is 5.41 Å². The summed E-state index contributed by atoms with van der Waals surface area (Å²) in [6.45, 7) is 1.27. The van der Waals surface area contributed by atoms with Gasteiger partial charge in [-0.05, 0) is 25.9 Å². The number of nitrogens with one attached hydrogen (secondary N) is 2. The molecule has 1 amide bonds. The molecule has 1 spiro atoms. The van der Waals surface area contributed by atoms with Crippen LogP contribution in [0, 0.1) is 5.41 Å². The standard InChI is InChI=1S/C8H12F2N2O/c9-8(10)6(13)12-5-7(8)1-3-11-4-2-7/h11H,1-5H2,(H,12,13). The molecule has 2 aliphatic heterocycles. The van der Waals surface area contributed by atoms with E-state index in [1.165, 1.54) is 0 Å². The minimum atomic E-state index is -3.17. The maximum Gasteiger partial charge on any atom is 0.331 e. The molecule has 13 heavy (non-hydrogen) atoms. The third-order valence-corrected chi connectivity index (χ3v) is 3.10. The second-order valence-electron chi connectivity index (χ2n) is 3.79. The third kappa shape index (κ3) is 1.06. The number of rotatable bonds is 0. The Kier molecular flexibility index (Phi) is 1.80. The van der Waals surface area contributed by atoms with Crippen molar-refractivity contribution in [3.8, 4) is 0 Å². The van der Waals surface area contributed by atoms with Gasteiger partial charge in [-0.15, -0.1) is 0 Å². The molecule has 0 aromatic heterocycles. The van der Waals surface area contributed by atoms with Gasteiger partial charge in [0.15, 0.2) is 0 Å². The van der Waals surface area contributed by atoms with Gasteiger partial charge in [0.25, 0.3) is 5.91 Å². The Hall–Kier alpha value is -0.710. The average Bonchev–Trinajstić information content (AvgIpc) is 2.33. The molecule has 2 heterocycles. The largest absolute Gasteiger partial charge is 0.350 e. The van der Waals surface area contributed by atoms with Crippen LogP contribution in [0.15, 0.2) is 0 Å². The number of carbonyl (C=O) groups is 1. The van der Waals surface area contributed by atoms with Crippen LogP contribution >= 0.6 is 0 Å². The lowest BCUT2D eigenvalue weighted by Gasteiger charge is -2.36. The minimum absolute atomic E-state index is 0.126. The first-order valence-corrected chi connectivity index (χ1v) is 4.45. The van der Waals surface area contributed by atoms with E-state index in [-0.39, 0.29) is 6.54 Å². The SMILES string of the molecule is O=C1NCC2(CCNCC2)C1(F)F. The number of hydrogen-bond donors (Lipinski definition) is 2. The van der Waals surface area contributed by atoms with Crippen molar-refractivity contribution in [2.45, 2.75) is 18.8 Å². The highest BCUT2D eigenvalue weighted by Gasteiger charge is 2.63. The molecule has 0 atom stereocenters. The molecule has 2 fully saturated rings. The molecule has 2 saturated heterocycles. The molecule has 0 unspecified atom stereocenters. The number of piperidine rings is 1. The summed E-state index contributed by atoms with van der Waals surface area (Å²) in [4.78, 5) is 10.9.